The first-order valence-electron chi connectivity index (χ1n) is 10.9. The normalized spacial score (nSPS) is 17.7. The monoisotopic (exact) mass is 459 g/mol. The molecule has 0 saturated carbocycles. The molecule has 3 rings (SSSR count). The maximum absolute atomic E-state index is 13.1. The first-order chi connectivity index (χ1) is 15.6. The number of hydrogen-bond acceptors (Lipinski definition) is 7. The summed E-state index contributed by atoms with van der Waals surface area (Å²) in [5.74, 6) is -2.83. The molecule has 10 heteroatoms. The fourth-order valence-electron chi connectivity index (χ4n) is 3.84. The molecule has 0 bridgehead atoms. The molecule has 0 radical (unpaired) electrons. The molecule has 10 nitrogen and oxygen atoms in total. The summed E-state index contributed by atoms with van der Waals surface area (Å²) in [6.07, 6.45) is 0.442. The zero-order chi connectivity index (χ0) is 24.3. The number of ketones is 1. The Morgan fingerprint density at radius 3 is 2.64 bits per heavy atom. The lowest BCUT2D eigenvalue weighted by Gasteiger charge is -2.29. The number of amides is 2. The molecule has 2 amide bonds. The van der Waals surface area contributed by atoms with Crippen molar-refractivity contribution in [3.8, 4) is 5.75 Å². The first-order valence-corrected chi connectivity index (χ1v) is 10.9. The lowest BCUT2D eigenvalue weighted by Crippen LogP contribution is -2.52. The molecule has 1 aliphatic heterocycles. The van der Waals surface area contributed by atoms with E-state index in [1.165, 1.54) is 12.0 Å². The van der Waals surface area contributed by atoms with Crippen LogP contribution in [0.3, 0.4) is 0 Å². The van der Waals surface area contributed by atoms with E-state index in [9.17, 15) is 24.3 Å². The highest BCUT2D eigenvalue weighted by molar-refractivity contribution is 6.02. The minimum Gasteiger partial charge on any atom is -0.493 e. The van der Waals surface area contributed by atoms with E-state index < -0.39 is 36.2 Å². The minimum absolute atomic E-state index is 0.110. The van der Waals surface area contributed by atoms with Crippen molar-refractivity contribution in [2.45, 2.75) is 52.1 Å². The van der Waals surface area contributed by atoms with Gasteiger partial charge in [0.05, 0.1) is 13.5 Å². The van der Waals surface area contributed by atoms with Gasteiger partial charge in [-0.1, -0.05) is 26.8 Å². The summed E-state index contributed by atoms with van der Waals surface area (Å²) in [5, 5.41) is 11.8. The summed E-state index contributed by atoms with van der Waals surface area (Å²) < 4.78 is 10.7. The summed E-state index contributed by atoms with van der Waals surface area (Å²) in [6.45, 7) is 6.13. The van der Waals surface area contributed by atoms with E-state index in [4.69, 9.17) is 9.15 Å². The van der Waals surface area contributed by atoms with E-state index in [0.29, 0.717) is 30.7 Å². The standard InChI is InChI=1S/C23H29N3O7/c1-12(2)13(3)23(31)26-10-6-8-16(26)21(30)24-15(11-18(27)28)19(29)22-25-14-7-5-9-17(32-4)20(14)33-22/h5,7,9,12-13,15-16H,6,8,10-11H2,1-4H3,(H,24,30)(H,27,28). The van der Waals surface area contributed by atoms with Gasteiger partial charge in [-0.05, 0) is 30.9 Å². The molecule has 1 aromatic carbocycles. The number of carboxylic acids is 1. The second-order valence-electron chi connectivity index (χ2n) is 8.57. The molecule has 3 unspecified atom stereocenters. The van der Waals surface area contributed by atoms with Crippen molar-refractivity contribution in [3.05, 3.63) is 24.1 Å². The van der Waals surface area contributed by atoms with Crippen molar-refractivity contribution in [3.63, 3.8) is 0 Å². The number of nitrogens with one attached hydrogen (secondary N) is 1. The van der Waals surface area contributed by atoms with Crippen LogP contribution in [-0.4, -0.2) is 64.3 Å². The number of benzene rings is 1. The van der Waals surface area contributed by atoms with Crippen LogP contribution >= 0.6 is 0 Å². The molecule has 2 aromatic rings. The van der Waals surface area contributed by atoms with Crippen LogP contribution in [0.5, 0.6) is 5.75 Å². The molecule has 2 heterocycles. The van der Waals surface area contributed by atoms with E-state index in [1.54, 1.807) is 18.2 Å². The molecule has 1 saturated heterocycles. The van der Waals surface area contributed by atoms with Gasteiger partial charge in [0.15, 0.2) is 11.3 Å². The lowest BCUT2D eigenvalue weighted by molar-refractivity contribution is -0.143. The molecule has 1 aromatic heterocycles. The number of para-hydroxylation sites is 1. The zero-order valence-corrected chi connectivity index (χ0v) is 19.2. The second kappa shape index (κ2) is 10.0. The molecular weight excluding hydrogens is 430 g/mol. The third-order valence-electron chi connectivity index (χ3n) is 6.05. The molecule has 0 spiro atoms. The van der Waals surface area contributed by atoms with Gasteiger partial charge in [0.2, 0.25) is 17.6 Å². The third kappa shape index (κ3) is 5.15. The number of nitrogens with zero attached hydrogens (tertiary/aromatic N) is 2. The summed E-state index contributed by atoms with van der Waals surface area (Å²) in [4.78, 5) is 56.0. The summed E-state index contributed by atoms with van der Waals surface area (Å²) in [5.41, 5.74) is 0.618. The van der Waals surface area contributed by atoms with E-state index in [1.807, 2.05) is 20.8 Å². The number of rotatable bonds is 9. The Morgan fingerprint density at radius 2 is 2.00 bits per heavy atom. The predicted molar refractivity (Wildman–Crippen MR) is 118 cm³/mol. The molecular formula is C23H29N3O7. The van der Waals surface area contributed by atoms with Crippen molar-refractivity contribution in [1.29, 1.82) is 0 Å². The average molecular weight is 459 g/mol. The second-order valence-corrected chi connectivity index (χ2v) is 8.57. The van der Waals surface area contributed by atoms with Gasteiger partial charge >= 0.3 is 5.97 Å². The molecule has 3 atom stereocenters. The maximum atomic E-state index is 13.1. The van der Waals surface area contributed by atoms with Crippen LogP contribution in [0.1, 0.15) is 50.7 Å². The van der Waals surface area contributed by atoms with Gasteiger partial charge in [-0.3, -0.25) is 19.2 Å². The van der Waals surface area contributed by atoms with Crippen LogP contribution < -0.4 is 10.1 Å². The predicted octanol–water partition coefficient (Wildman–Crippen LogP) is 2.26. The maximum Gasteiger partial charge on any atom is 0.305 e. The first kappa shape index (κ1) is 24.2. The van der Waals surface area contributed by atoms with Gasteiger partial charge in [0.1, 0.15) is 17.6 Å². The largest absolute Gasteiger partial charge is 0.493 e. The Balaban J connectivity index is 1.82. The Kier molecular flexibility index (Phi) is 7.35. The average Bonchev–Trinajstić information content (AvgIpc) is 3.43. The lowest BCUT2D eigenvalue weighted by atomic mass is 9.96. The number of aromatic nitrogens is 1. The summed E-state index contributed by atoms with van der Waals surface area (Å²) in [7, 11) is 1.45. The van der Waals surface area contributed by atoms with E-state index >= 15 is 0 Å². The molecule has 1 fully saturated rings. The number of methoxy groups -OCH3 is 1. The number of carbonyl (C=O) groups excluding carboxylic acids is 3. The van der Waals surface area contributed by atoms with Gasteiger partial charge < -0.3 is 24.5 Å². The molecule has 0 aliphatic carbocycles. The van der Waals surface area contributed by atoms with Crippen molar-refractivity contribution >= 4 is 34.7 Å². The fraction of sp³-hybridized carbons (Fsp3) is 0.522. The third-order valence-corrected chi connectivity index (χ3v) is 6.05. The number of fused-ring (bicyclic) bond motifs is 1. The smallest absolute Gasteiger partial charge is 0.305 e. The SMILES string of the molecule is COc1cccc2nc(C(=O)C(CC(=O)O)NC(=O)C3CCCN3C(=O)C(C)C(C)C)oc12. The minimum atomic E-state index is -1.39. The molecule has 1 aliphatic rings. The van der Waals surface area contributed by atoms with E-state index in [-0.39, 0.29) is 29.2 Å². The van der Waals surface area contributed by atoms with E-state index in [2.05, 4.69) is 10.3 Å². The van der Waals surface area contributed by atoms with Crippen LogP contribution in [-0.2, 0) is 14.4 Å². The Labute approximate surface area is 191 Å². The molecule has 2 N–H and O–H groups in total. The molecule has 178 valence electrons. The number of oxazole rings is 1. The number of likely N-dealkylation sites (tertiary alicyclic amines) is 1. The number of carboxylic acid groups (broad SMARTS) is 1. The zero-order valence-electron chi connectivity index (χ0n) is 19.2. The Hall–Kier alpha value is -3.43. The van der Waals surface area contributed by atoms with Crippen molar-refractivity contribution < 1.29 is 33.4 Å². The van der Waals surface area contributed by atoms with Gasteiger partial charge in [0.25, 0.3) is 5.89 Å². The number of hydrogen-bond donors (Lipinski definition) is 2. The van der Waals surface area contributed by atoms with Crippen molar-refractivity contribution in [2.75, 3.05) is 13.7 Å². The van der Waals surface area contributed by atoms with E-state index in [0.717, 1.165) is 0 Å². The number of aliphatic carboxylic acids is 1. The van der Waals surface area contributed by atoms with Crippen LogP contribution in [0.4, 0.5) is 0 Å². The summed E-state index contributed by atoms with van der Waals surface area (Å²) in [6, 6.07) is 2.79. The van der Waals surface area contributed by atoms with Crippen molar-refractivity contribution in [1.82, 2.24) is 15.2 Å². The van der Waals surface area contributed by atoms with Crippen LogP contribution in [0, 0.1) is 11.8 Å². The highest BCUT2D eigenvalue weighted by Gasteiger charge is 2.39. The van der Waals surface area contributed by atoms with Gasteiger partial charge in [-0.15, -0.1) is 0 Å². The Morgan fingerprint density at radius 1 is 1.27 bits per heavy atom. The van der Waals surface area contributed by atoms with Crippen LogP contribution in [0.25, 0.3) is 11.1 Å². The summed E-state index contributed by atoms with van der Waals surface area (Å²) >= 11 is 0. The number of Topliss-reactive ketones (excluding diaryl/α,β-unsaturated/α-hetero) is 1. The Bertz CT molecular complexity index is 1060. The quantitative estimate of drug-likeness (QED) is 0.545. The number of ether oxygens (including phenoxy) is 1. The van der Waals surface area contributed by atoms with Gasteiger partial charge in [-0.2, -0.15) is 0 Å². The highest BCUT2D eigenvalue weighted by Crippen LogP contribution is 2.27. The molecule has 33 heavy (non-hydrogen) atoms. The van der Waals surface area contributed by atoms with Crippen LogP contribution in [0.2, 0.25) is 0 Å². The van der Waals surface area contributed by atoms with Gasteiger partial charge in [-0.25, -0.2) is 4.98 Å². The number of carbonyl (C=O) groups is 4. The fourth-order valence-corrected chi connectivity index (χ4v) is 3.84. The topological polar surface area (TPSA) is 139 Å². The van der Waals surface area contributed by atoms with Crippen LogP contribution in [0.15, 0.2) is 22.6 Å². The highest BCUT2D eigenvalue weighted by atomic mass is 16.5. The van der Waals surface area contributed by atoms with Crippen molar-refractivity contribution in [2.24, 2.45) is 11.8 Å². The van der Waals surface area contributed by atoms with Gasteiger partial charge in [0, 0.05) is 12.5 Å².